The van der Waals surface area contributed by atoms with Crippen LogP contribution in [0.4, 0.5) is 0 Å². The van der Waals surface area contributed by atoms with E-state index in [0.29, 0.717) is 16.1 Å². The van der Waals surface area contributed by atoms with Gasteiger partial charge in [-0.15, -0.1) is 0 Å². The fraction of sp³-hybridized carbons (Fsp3) is 0.214. The maximum Gasteiger partial charge on any atom is 0.372 e. The van der Waals surface area contributed by atoms with Gasteiger partial charge in [0.05, 0.1) is 5.75 Å². The average Bonchev–Trinajstić information content (AvgIpc) is 2.72. The van der Waals surface area contributed by atoms with E-state index in [1.807, 2.05) is 0 Å². The van der Waals surface area contributed by atoms with E-state index in [1.165, 1.54) is 6.07 Å². The Bertz CT molecular complexity index is 776. The maximum atomic E-state index is 12.1. The van der Waals surface area contributed by atoms with Gasteiger partial charge in [0, 0.05) is 10.6 Å². The lowest BCUT2D eigenvalue weighted by Gasteiger charge is -2.04. The van der Waals surface area contributed by atoms with Gasteiger partial charge in [-0.1, -0.05) is 29.8 Å². The number of sulfone groups is 1. The second kappa shape index (κ2) is 5.91. The van der Waals surface area contributed by atoms with Crippen molar-refractivity contribution in [3.05, 3.63) is 58.0 Å². The summed E-state index contributed by atoms with van der Waals surface area (Å²) >= 11 is 5.94. The summed E-state index contributed by atoms with van der Waals surface area (Å²) in [5.41, 5.74) is 0.895. The minimum atomic E-state index is -3.51. The first-order chi connectivity index (χ1) is 9.78. The Labute approximate surface area is 127 Å². The Hall–Kier alpha value is -1.79. The van der Waals surface area contributed by atoms with Crippen molar-refractivity contribution in [3.8, 4) is 0 Å². The Balaban J connectivity index is 2.20. The lowest BCUT2D eigenvalue weighted by molar-refractivity contribution is 0.0659. The quantitative estimate of drug-likeness (QED) is 0.911. The molecule has 1 aromatic heterocycles. The summed E-state index contributed by atoms with van der Waals surface area (Å²) < 4.78 is 29.4. The highest BCUT2D eigenvalue weighted by Crippen LogP contribution is 2.22. The third kappa shape index (κ3) is 3.86. The number of furan rings is 1. The predicted octanol–water partition coefficient (Wildman–Crippen LogP) is 3.05. The standard InChI is InChI=1S/C14H13ClO5S/c1-9-6-11(20-13(9)14(16)17)8-21(18,19)7-10-4-2-3-5-12(10)15/h2-6H,7-8H2,1H3,(H,16,17). The molecule has 0 atom stereocenters. The largest absolute Gasteiger partial charge is 0.475 e. The van der Waals surface area contributed by atoms with Crippen molar-refractivity contribution in [3.63, 3.8) is 0 Å². The molecule has 0 spiro atoms. The molecular weight excluding hydrogens is 316 g/mol. The molecular formula is C14H13ClO5S. The molecule has 0 aliphatic carbocycles. The SMILES string of the molecule is Cc1cc(CS(=O)(=O)Cc2ccccc2Cl)oc1C(=O)O. The highest BCUT2D eigenvalue weighted by Gasteiger charge is 2.20. The van der Waals surface area contributed by atoms with Gasteiger partial charge in [0.2, 0.25) is 5.76 Å². The summed E-state index contributed by atoms with van der Waals surface area (Å²) in [6, 6.07) is 8.10. The Morgan fingerprint density at radius 3 is 2.52 bits per heavy atom. The lowest BCUT2D eigenvalue weighted by atomic mass is 10.2. The molecule has 0 fully saturated rings. The van der Waals surface area contributed by atoms with E-state index in [-0.39, 0.29) is 23.0 Å². The third-order valence-electron chi connectivity index (χ3n) is 2.86. The van der Waals surface area contributed by atoms with Crippen LogP contribution in [0.1, 0.15) is 27.4 Å². The van der Waals surface area contributed by atoms with Crippen molar-refractivity contribution >= 4 is 27.4 Å². The van der Waals surface area contributed by atoms with E-state index < -0.39 is 15.8 Å². The zero-order valence-corrected chi connectivity index (χ0v) is 12.7. The number of benzene rings is 1. The zero-order chi connectivity index (χ0) is 15.6. The molecule has 0 saturated carbocycles. The van der Waals surface area contributed by atoms with Crippen molar-refractivity contribution in [1.29, 1.82) is 0 Å². The fourth-order valence-electron chi connectivity index (χ4n) is 1.95. The van der Waals surface area contributed by atoms with E-state index in [1.54, 1.807) is 31.2 Å². The van der Waals surface area contributed by atoms with Gasteiger partial charge in [-0.05, 0) is 24.6 Å². The van der Waals surface area contributed by atoms with Crippen LogP contribution in [-0.4, -0.2) is 19.5 Å². The molecule has 1 aromatic carbocycles. The van der Waals surface area contributed by atoms with Crippen molar-refractivity contribution in [1.82, 2.24) is 0 Å². The summed E-state index contributed by atoms with van der Waals surface area (Å²) in [4.78, 5) is 10.9. The van der Waals surface area contributed by atoms with Crippen LogP contribution in [0.15, 0.2) is 34.7 Å². The predicted molar refractivity (Wildman–Crippen MR) is 78.2 cm³/mol. The summed E-state index contributed by atoms with van der Waals surface area (Å²) in [5.74, 6) is -1.95. The van der Waals surface area contributed by atoms with Crippen LogP contribution in [0.2, 0.25) is 5.02 Å². The fourth-order valence-corrected chi connectivity index (χ4v) is 3.64. The highest BCUT2D eigenvalue weighted by atomic mass is 35.5. The van der Waals surface area contributed by atoms with Gasteiger partial charge in [-0.2, -0.15) is 0 Å². The molecule has 5 nitrogen and oxygen atoms in total. The van der Waals surface area contributed by atoms with Crippen molar-refractivity contribution in [2.45, 2.75) is 18.4 Å². The van der Waals surface area contributed by atoms with Gasteiger partial charge in [-0.25, -0.2) is 13.2 Å². The minimum Gasteiger partial charge on any atom is -0.475 e. The normalized spacial score (nSPS) is 11.5. The highest BCUT2D eigenvalue weighted by molar-refractivity contribution is 7.89. The first-order valence-corrected chi connectivity index (χ1v) is 8.25. The molecule has 0 aliphatic heterocycles. The second-order valence-corrected chi connectivity index (χ2v) is 7.13. The monoisotopic (exact) mass is 328 g/mol. The van der Waals surface area contributed by atoms with E-state index >= 15 is 0 Å². The Morgan fingerprint density at radius 1 is 1.29 bits per heavy atom. The average molecular weight is 329 g/mol. The number of carboxylic acids is 1. The maximum absolute atomic E-state index is 12.1. The molecule has 21 heavy (non-hydrogen) atoms. The van der Waals surface area contributed by atoms with Crippen molar-refractivity contribution < 1.29 is 22.7 Å². The number of halogens is 1. The number of aromatic carboxylic acids is 1. The van der Waals surface area contributed by atoms with Gasteiger partial charge in [0.1, 0.15) is 11.5 Å². The molecule has 0 aliphatic rings. The van der Waals surface area contributed by atoms with Crippen LogP contribution in [-0.2, 0) is 21.3 Å². The summed E-state index contributed by atoms with van der Waals surface area (Å²) in [6.45, 7) is 1.55. The van der Waals surface area contributed by atoms with Crippen LogP contribution in [0.25, 0.3) is 0 Å². The number of hydrogen-bond donors (Lipinski definition) is 1. The summed E-state index contributed by atoms with van der Waals surface area (Å²) in [6.07, 6.45) is 0. The molecule has 0 unspecified atom stereocenters. The molecule has 0 saturated heterocycles. The molecule has 0 amide bonds. The molecule has 2 rings (SSSR count). The number of aryl methyl sites for hydroxylation is 1. The molecule has 0 bridgehead atoms. The first kappa shape index (κ1) is 15.6. The van der Waals surface area contributed by atoms with E-state index in [4.69, 9.17) is 21.1 Å². The second-order valence-electron chi connectivity index (χ2n) is 4.65. The third-order valence-corrected chi connectivity index (χ3v) is 4.70. The van der Waals surface area contributed by atoms with Crippen molar-refractivity contribution in [2.24, 2.45) is 0 Å². The van der Waals surface area contributed by atoms with E-state index in [9.17, 15) is 13.2 Å². The van der Waals surface area contributed by atoms with Gasteiger partial charge in [0.25, 0.3) is 0 Å². The number of carbonyl (C=O) groups is 1. The van der Waals surface area contributed by atoms with Crippen molar-refractivity contribution in [2.75, 3.05) is 0 Å². The number of hydrogen-bond acceptors (Lipinski definition) is 4. The first-order valence-electron chi connectivity index (χ1n) is 6.05. The minimum absolute atomic E-state index is 0.108. The van der Waals surface area contributed by atoms with Crippen LogP contribution >= 0.6 is 11.6 Å². The zero-order valence-electron chi connectivity index (χ0n) is 11.2. The molecule has 1 N–H and O–H groups in total. The van der Waals surface area contributed by atoms with Crippen LogP contribution < -0.4 is 0 Å². The smallest absolute Gasteiger partial charge is 0.372 e. The van der Waals surface area contributed by atoms with Gasteiger partial charge < -0.3 is 9.52 Å². The number of rotatable bonds is 5. The molecule has 0 radical (unpaired) electrons. The van der Waals surface area contributed by atoms with Crippen LogP contribution in [0.3, 0.4) is 0 Å². The number of carboxylic acid groups (broad SMARTS) is 1. The van der Waals surface area contributed by atoms with Crippen LogP contribution in [0.5, 0.6) is 0 Å². The summed E-state index contributed by atoms with van der Waals surface area (Å²) in [7, 11) is -3.51. The van der Waals surface area contributed by atoms with Crippen LogP contribution in [0, 0.1) is 6.92 Å². The topological polar surface area (TPSA) is 84.6 Å². The van der Waals surface area contributed by atoms with Gasteiger partial charge in [-0.3, -0.25) is 0 Å². The summed E-state index contributed by atoms with van der Waals surface area (Å²) in [5, 5.41) is 9.27. The van der Waals surface area contributed by atoms with E-state index in [2.05, 4.69) is 0 Å². The molecule has 2 aromatic rings. The molecule has 112 valence electrons. The van der Waals surface area contributed by atoms with Gasteiger partial charge >= 0.3 is 5.97 Å². The molecule has 1 heterocycles. The molecule has 7 heteroatoms. The lowest BCUT2D eigenvalue weighted by Crippen LogP contribution is -2.07. The Morgan fingerprint density at radius 2 is 1.95 bits per heavy atom. The van der Waals surface area contributed by atoms with Gasteiger partial charge in [0.15, 0.2) is 9.84 Å². The Kier molecular flexibility index (Phi) is 4.39. The van der Waals surface area contributed by atoms with E-state index in [0.717, 1.165) is 0 Å².